The standard InChI is InChI=1S/C7H14N4O4S2/c1-7(8-2)9-16(12,13)11-6-4-5-10(3)17(11,14)15/h4-5,8-9H,1,6H2,2-3H3. The lowest BCUT2D eigenvalue weighted by molar-refractivity contribution is 0.458. The second kappa shape index (κ2) is 4.55. The van der Waals surface area contributed by atoms with E-state index in [1.165, 1.54) is 26.4 Å². The molecule has 0 aliphatic carbocycles. The van der Waals surface area contributed by atoms with E-state index in [1.807, 2.05) is 4.72 Å². The van der Waals surface area contributed by atoms with Crippen LogP contribution in [0.3, 0.4) is 0 Å². The molecule has 8 nitrogen and oxygen atoms in total. The maximum absolute atomic E-state index is 11.8. The van der Waals surface area contributed by atoms with Crippen LogP contribution in [-0.4, -0.2) is 45.5 Å². The average Bonchev–Trinajstić information content (AvgIpc) is 2.20. The number of nitrogens with zero attached hydrogens (tertiary/aromatic N) is 2. The molecule has 1 rings (SSSR count). The first kappa shape index (κ1) is 13.8. The van der Waals surface area contributed by atoms with Gasteiger partial charge in [-0.1, -0.05) is 16.4 Å². The predicted octanol–water partition coefficient (Wildman–Crippen LogP) is -1.48. The van der Waals surface area contributed by atoms with E-state index in [1.54, 1.807) is 0 Å². The molecule has 0 unspecified atom stereocenters. The highest BCUT2D eigenvalue weighted by Crippen LogP contribution is 2.16. The van der Waals surface area contributed by atoms with Crippen molar-refractivity contribution in [3.8, 4) is 0 Å². The van der Waals surface area contributed by atoms with Gasteiger partial charge < -0.3 is 5.32 Å². The van der Waals surface area contributed by atoms with Gasteiger partial charge in [0.1, 0.15) is 5.82 Å². The van der Waals surface area contributed by atoms with Gasteiger partial charge in [0.2, 0.25) is 0 Å². The fourth-order valence-corrected chi connectivity index (χ4v) is 4.09. The van der Waals surface area contributed by atoms with Crippen LogP contribution in [0.1, 0.15) is 0 Å². The summed E-state index contributed by atoms with van der Waals surface area (Å²) in [6.07, 6.45) is 2.71. The maximum atomic E-state index is 11.8. The molecule has 2 N–H and O–H groups in total. The molecule has 0 amide bonds. The lowest BCUT2D eigenvalue weighted by atomic mass is 10.6. The largest absolute Gasteiger partial charge is 0.375 e. The molecule has 0 spiro atoms. The molecule has 1 aliphatic rings. The second-order valence-electron chi connectivity index (χ2n) is 3.20. The lowest BCUT2D eigenvalue weighted by Gasteiger charge is -2.28. The van der Waals surface area contributed by atoms with Crippen LogP contribution in [0, 0.1) is 0 Å². The molecule has 0 radical (unpaired) electrons. The molecule has 17 heavy (non-hydrogen) atoms. The third-order valence-corrected chi connectivity index (χ3v) is 5.87. The third-order valence-electron chi connectivity index (χ3n) is 2.01. The van der Waals surface area contributed by atoms with Gasteiger partial charge in [0, 0.05) is 20.3 Å². The van der Waals surface area contributed by atoms with Crippen molar-refractivity contribution in [1.82, 2.24) is 18.1 Å². The monoisotopic (exact) mass is 282 g/mol. The third kappa shape index (κ3) is 2.70. The van der Waals surface area contributed by atoms with E-state index >= 15 is 0 Å². The van der Waals surface area contributed by atoms with Gasteiger partial charge in [-0.05, 0) is 0 Å². The van der Waals surface area contributed by atoms with Gasteiger partial charge in [-0.25, -0.2) is 0 Å². The molecule has 10 heteroatoms. The fourth-order valence-electron chi connectivity index (χ4n) is 1.08. The van der Waals surface area contributed by atoms with Crippen LogP contribution in [0.2, 0.25) is 0 Å². The molecular weight excluding hydrogens is 268 g/mol. The first-order valence-electron chi connectivity index (χ1n) is 4.54. The summed E-state index contributed by atoms with van der Waals surface area (Å²) in [6, 6.07) is 0. The number of hydrogen-bond acceptors (Lipinski definition) is 5. The Morgan fingerprint density at radius 1 is 1.47 bits per heavy atom. The first-order valence-corrected chi connectivity index (χ1v) is 7.37. The Hall–Kier alpha value is -1.26. The van der Waals surface area contributed by atoms with Crippen molar-refractivity contribution in [2.75, 3.05) is 20.6 Å². The van der Waals surface area contributed by atoms with Crippen LogP contribution < -0.4 is 10.0 Å². The molecule has 0 saturated heterocycles. The predicted molar refractivity (Wildman–Crippen MR) is 62.8 cm³/mol. The lowest BCUT2D eigenvalue weighted by Crippen LogP contribution is -2.50. The van der Waals surface area contributed by atoms with E-state index in [0.29, 0.717) is 3.71 Å². The van der Waals surface area contributed by atoms with Gasteiger partial charge in [0.05, 0.1) is 6.54 Å². The Morgan fingerprint density at radius 3 is 2.59 bits per heavy atom. The topological polar surface area (TPSA) is 98.8 Å². The molecule has 1 heterocycles. The van der Waals surface area contributed by atoms with Crippen LogP contribution in [-0.2, 0) is 20.4 Å². The van der Waals surface area contributed by atoms with Crippen molar-refractivity contribution >= 4 is 20.4 Å². The zero-order chi connectivity index (χ0) is 13.3. The molecule has 1 aliphatic heterocycles. The fraction of sp³-hybridized carbons (Fsp3) is 0.429. The van der Waals surface area contributed by atoms with E-state index in [9.17, 15) is 16.8 Å². The molecule has 0 aromatic rings. The summed E-state index contributed by atoms with van der Waals surface area (Å²) in [5.41, 5.74) is 0. The van der Waals surface area contributed by atoms with E-state index in [2.05, 4.69) is 11.9 Å². The second-order valence-corrected chi connectivity index (χ2v) is 6.94. The van der Waals surface area contributed by atoms with E-state index in [-0.39, 0.29) is 12.4 Å². The van der Waals surface area contributed by atoms with Gasteiger partial charge in [0.15, 0.2) is 0 Å². The van der Waals surface area contributed by atoms with Crippen molar-refractivity contribution in [2.45, 2.75) is 0 Å². The van der Waals surface area contributed by atoms with Crippen LogP contribution in [0.5, 0.6) is 0 Å². The Labute approximate surface area is 101 Å². The smallest absolute Gasteiger partial charge is 0.318 e. The Kier molecular flexibility index (Phi) is 3.69. The van der Waals surface area contributed by atoms with Crippen LogP contribution in [0.25, 0.3) is 0 Å². The first-order chi connectivity index (χ1) is 7.71. The zero-order valence-electron chi connectivity index (χ0n) is 9.41. The van der Waals surface area contributed by atoms with Crippen molar-refractivity contribution in [3.63, 3.8) is 0 Å². The van der Waals surface area contributed by atoms with Gasteiger partial charge in [-0.2, -0.15) is 16.8 Å². The molecule has 0 aromatic carbocycles. The van der Waals surface area contributed by atoms with Crippen LogP contribution >= 0.6 is 0 Å². The summed E-state index contributed by atoms with van der Waals surface area (Å²) in [6.45, 7) is 3.11. The van der Waals surface area contributed by atoms with E-state index < -0.39 is 20.4 Å². The zero-order valence-corrected chi connectivity index (χ0v) is 11.0. The molecule has 0 saturated carbocycles. The quantitative estimate of drug-likeness (QED) is 0.655. The highest BCUT2D eigenvalue weighted by Gasteiger charge is 2.37. The number of nitrogens with one attached hydrogen (secondary N) is 2. The maximum Gasteiger partial charge on any atom is 0.318 e. The van der Waals surface area contributed by atoms with Crippen LogP contribution in [0.4, 0.5) is 0 Å². The van der Waals surface area contributed by atoms with E-state index in [0.717, 1.165) is 4.31 Å². The Morgan fingerprint density at radius 2 is 2.06 bits per heavy atom. The van der Waals surface area contributed by atoms with Crippen molar-refractivity contribution < 1.29 is 16.8 Å². The minimum absolute atomic E-state index is 0.0163. The summed E-state index contributed by atoms with van der Waals surface area (Å²) in [5.74, 6) is -0.0163. The van der Waals surface area contributed by atoms with Gasteiger partial charge in [0.25, 0.3) is 0 Å². The molecule has 0 atom stereocenters. The van der Waals surface area contributed by atoms with Crippen molar-refractivity contribution in [1.29, 1.82) is 0 Å². The summed E-state index contributed by atoms with van der Waals surface area (Å²) in [7, 11) is -5.54. The number of rotatable bonds is 4. The Balaban J connectivity index is 3.09. The van der Waals surface area contributed by atoms with Gasteiger partial charge in [-0.3, -0.25) is 9.03 Å². The van der Waals surface area contributed by atoms with Gasteiger partial charge >= 0.3 is 20.4 Å². The van der Waals surface area contributed by atoms with Crippen LogP contribution in [0.15, 0.2) is 24.7 Å². The summed E-state index contributed by atoms with van der Waals surface area (Å²) >= 11 is 0. The van der Waals surface area contributed by atoms with Gasteiger partial charge in [-0.15, -0.1) is 0 Å². The minimum atomic E-state index is -4.19. The van der Waals surface area contributed by atoms with Crippen molar-refractivity contribution in [2.24, 2.45) is 0 Å². The molecule has 98 valence electrons. The summed E-state index contributed by atoms with van der Waals surface area (Å²) in [4.78, 5) is 0. The molecule has 0 fully saturated rings. The van der Waals surface area contributed by atoms with E-state index in [4.69, 9.17) is 0 Å². The molecular formula is C7H14N4O4S2. The average molecular weight is 282 g/mol. The Bertz CT molecular complexity index is 536. The SMILES string of the molecule is C=C(NC)NS(=O)(=O)N1CC=CN(C)S1(=O)=O. The highest BCUT2D eigenvalue weighted by atomic mass is 32.3. The molecule has 0 aromatic heterocycles. The highest BCUT2D eigenvalue weighted by molar-refractivity contribution is 8.02. The number of hydrogen-bond donors (Lipinski definition) is 2. The summed E-state index contributed by atoms with van der Waals surface area (Å²) < 4.78 is 50.3. The normalized spacial score (nSPS) is 20.0. The minimum Gasteiger partial charge on any atom is -0.375 e. The summed E-state index contributed by atoms with van der Waals surface area (Å²) in [5, 5.41) is 2.46. The van der Waals surface area contributed by atoms with Crippen molar-refractivity contribution in [3.05, 3.63) is 24.7 Å². The molecule has 0 bridgehead atoms.